The van der Waals surface area contributed by atoms with E-state index in [1.807, 2.05) is 11.3 Å². The molecular formula is C17H25N5S. The molecule has 4 N–H and O–H groups in total. The van der Waals surface area contributed by atoms with Gasteiger partial charge >= 0.3 is 0 Å². The first kappa shape index (κ1) is 15.3. The normalized spacial score (nSPS) is 22.4. The molecule has 124 valence electrons. The Morgan fingerprint density at radius 2 is 2.00 bits per heavy atom. The molecule has 3 heterocycles. The Bertz CT molecular complexity index is 711. The average Bonchev–Trinajstić information content (AvgIpc) is 2.94. The first-order valence-electron chi connectivity index (χ1n) is 8.77. The van der Waals surface area contributed by atoms with E-state index in [0.29, 0.717) is 18.4 Å². The van der Waals surface area contributed by atoms with E-state index in [-0.39, 0.29) is 0 Å². The second-order valence-electron chi connectivity index (χ2n) is 6.77. The molecule has 6 heteroatoms. The molecule has 0 saturated carbocycles. The van der Waals surface area contributed by atoms with Crippen LogP contribution in [0.4, 0.5) is 5.82 Å². The van der Waals surface area contributed by atoms with E-state index in [4.69, 9.17) is 16.5 Å². The van der Waals surface area contributed by atoms with Crippen LogP contribution in [0, 0.1) is 0 Å². The third-order valence-corrected chi connectivity index (χ3v) is 6.44. The van der Waals surface area contributed by atoms with E-state index in [1.54, 1.807) is 0 Å². The van der Waals surface area contributed by atoms with Crippen molar-refractivity contribution < 1.29 is 0 Å². The molecule has 1 saturated heterocycles. The monoisotopic (exact) mass is 331 g/mol. The number of nitrogens with zero attached hydrogens (tertiary/aromatic N) is 3. The van der Waals surface area contributed by atoms with Crippen molar-refractivity contribution in [3.63, 3.8) is 0 Å². The van der Waals surface area contributed by atoms with Crippen LogP contribution in [0.3, 0.4) is 0 Å². The van der Waals surface area contributed by atoms with Gasteiger partial charge in [0.1, 0.15) is 16.5 Å². The maximum Gasteiger partial charge on any atom is 0.146 e. The van der Waals surface area contributed by atoms with Gasteiger partial charge in [-0.2, -0.15) is 0 Å². The van der Waals surface area contributed by atoms with E-state index in [1.165, 1.54) is 49.0 Å². The second-order valence-corrected chi connectivity index (χ2v) is 7.86. The first-order valence-corrected chi connectivity index (χ1v) is 9.58. The van der Waals surface area contributed by atoms with E-state index < -0.39 is 0 Å². The molecule has 4 rings (SSSR count). The van der Waals surface area contributed by atoms with Crippen LogP contribution in [-0.4, -0.2) is 34.0 Å². The van der Waals surface area contributed by atoms with Crippen LogP contribution in [0.5, 0.6) is 0 Å². The SMILES string of the molecule is NCC1CCCCN1Cc1nc(N)c2c3c(sc2n1)CCCC3. The predicted molar refractivity (Wildman–Crippen MR) is 95.6 cm³/mol. The Kier molecular flexibility index (Phi) is 4.22. The summed E-state index contributed by atoms with van der Waals surface area (Å²) in [5.41, 5.74) is 13.7. The van der Waals surface area contributed by atoms with Gasteiger partial charge in [0.15, 0.2) is 0 Å². The van der Waals surface area contributed by atoms with Crippen molar-refractivity contribution in [2.75, 3.05) is 18.8 Å². The number of likely N-dealkylation sites (tertiary alicyclic amines) is 1. The lowest BCUT2D eigenvalue weighted by atomic mass is 9.97. The highest BCUT2D eigenvalue weighted by molar-refractivity contribution is 7.19. The van der Waals surface area contributed by atoms with Crippen LogP contribution < -0.4 is 11.5 Å². The first-order chi connectivity index (χ1) is 11.3. The summed E-state index contributed by atoms with van der Waals surface area (Å²) in [6.45, 7) is 2.57. The highest BCUT2D eigenvalue weighted by Gasteiger charge is 2.24. The summed E-state index contributed by atoms with van der Waals surface area (Å²) < 4.78 is 0. The van der Waals surface area contributed by atoms with Crippen molar-refractivity contribution in [3.8, 4) is 0 Å². The Hall–Kier alpha value is -1.24. The smallest absolute Gasteiger partial charge is 0.146 e. The minimum atomic E-state index is 0.459. The Morgan fingerprint density at radius 1 is 1.13 bits per heavy atom. The molecule has 0 spiro atoms. The lowest BCUT2D eigenvalue weighted by Crippen LogP contribution is -2.43. The number of nitrogens with two attached hydrogens (primary N) is 2. The standard InChI is InChI=1S/C17H25N5S/c18-9-11-5-3-4-8-22(11)10-14-20-16(19)15-12-6-1-2-7-13(12)23-17(15)21-14/h11H,1-10,18H2,(H2,19,20,21). The number of rotatable bonds is 3. The number of hydrogen-bond donors (Lipinski definition) is 2. The predicted octanol–water partition coefficient (Wildman–Crippen LogP) is 2.47. The molecule has 5 nitrogen and oxygen atoms in total. The molecule has 1 unspecified atom stereocenters. The Labute approximate surface area is 141 Å². The lowest BCUT2D eigenvalue weighted by Gasteiger charge is -2.34. The number of aryl methyl sites for hydroxylation is 2. The van der Waals surface area contributed by atoms with E-state index >= 15 is 0 Å². The average molecular weight is 331 g/mol. The zero-order valence-electron chi connectivity index (χ0n) is 13.6. The van der Waals surface area contributed by atoms with Crippen LogP contribution in [-0.2, 0) is 19.4 Å². The molecule has 1 fully saturated rings. The third kappa shape index (κ3) is 2.84. The van der Waals surface area contributed by atoms with E-state index in [9.17, 15) is 0 Å². The van der Waals surface area contributed by atoms with Gasteiger partial charge in [-0.3, -0.25) is 4.90 Å². The summed E-state index contributed by atoms with van der Waals surface area (Å²) in [5, 5.41) is 1.13. The third-order valence-electron chi connectivity index (χ3n) is 5.25. The Balaban J connectivity index is 1.66. The molecular weight excluding hydrogens is 306 g/mol. The van der Waals surface area contributed by atoms with Crippen LogP contribution >= 0.6 is 11.3 Å². The van der Waals surface area contributed by atoms with Crippen LogP contribution in [0.25, 0.3) is 10.2 Å². The summed E-state index contributed by atoms with van der Waals surface area (Å²) in [7, 11) is 0. The van der Waals surface area contributed by atoms with Crippen LogP contribution in [0.1, 0.15) is 48.4 Å². The minimum Gasteiger partial charge on any atom is -0.383 e. The number of thiophene rings is 1. The fourth-order valence-corrected chi connectivity index (χ4v) is 5.31. The largest absolute Gasteiger partial charge is 0.383 e. The Morgan fingerprint density at radius 3 is 2.87 bits per heavy atom. The lowest BCUT2D eigenvalue weighted by molar-refractivity contribution is 0.141. The molecule has 1 atom stereocenters. The number of piperidine rings is 1. The summed E-state index contributed by atoms with van der Waals surface area (Å²) in [6.07, 6.45) is 8.54. The molecule has 2 aliphatic rings. The number of aromatic nitrogens is 2. The second kappa shape index (κ2) is 6.34. The fourth-order valence-electron chi connectivity index (χ4n) is 4.02. The number of anilines is 1. The number of nitrogen functional groups attached to an aromatic ring is 1. The van der Waals surface area contributed by atoms with Gasteiger partial charge in [-0.05, 0) is 50.6 Å². The van der Waals surface area contributed by atoms with Gasteiger partial charge in [-0.25, -0.2) is 9.97 Å². The van der Waals surface area contributed by atoms with Gasteiger partial charge in [0.25, 0.3) is 0 Å². The molecule has 0 bridgehead atoms. The van der Waals surface area contributed by atoms with Crippen molar-refractivity contribution in [3.05, 3.63) is 16.3 Å². The maximum atomic E-state index is 6.31. The topological polar surface area (TPSA) is 81.1 Å². The van der Waals surface area contributed by atoms with Gasteiger partial charge in [-0.15, -0.1) is 11.3 Å². The molecule has 0 amide bonds. The van der Waals surface area contributed by atoms with Crippen molar-refractivity contribution in [2.45, 2.75) is 57.5 Å². The van der Waals surface area contributed by atoms with Crippen molar-refractivity contribution in [2.24, 2.45) is 5.73 Å². The van der Waals surface area contributed by atoms with Gasteiger partial charge in [-0.1, -0.05) is 6.42 Å². The van der Waals surface area contributed by atoms with E-state index in [0.717, 1.165) is 35.6 Å². The van der Waals surface area contributed by atoms with Gasteiger partial charge in [0, 0.05) is 17.5 Å². The molecule has 2 aromatic heterocycles. The van der Waals surface area contributed by atoms with Crippen LogP contribution in [0.15, 0.2) is 0 Å². The molecule has 1 aliphatic carbocycles. The quantitative estimate of drug-likeness (QED) is 0.903. The zero-order chi connectivity index (χ0) is 15.8. The summed E-state index contributed by atoms with van der Waals surface area (Å²) in [4.78, 5) is 14.5. The number of hydrogen-bond acceptors (Lipinski definition) is 6. The van der Waals surface area contributed by atoms with Crippen LogP contribution in [0.2, 0.25) is 0 Å². The summed E-state index contributed by atoms with van der Waals surface area (Å²) in [5.74, 6) is 1.53. The van der Waals surface area contributed by atoms with Crippen molar-refractivity contribution in [1.82, 2.24) is 14.9 Å². The van der Waals surface area contributed by atoms with Gasteiger partial charge < -0.3 is 11.5 Å². The zero-order valence-corrected chi connectivity index (χ0v) is 14.4. The fraction of sp³-hybridized carbons (Fsp3) is 0.647. The molecule has 0 radical (unpaired) electrons. The minimum absolute atomic E-state index is 0.459. The van der Waals surface area contributed by atoms with Gasteiger partial charge in [0.05, 0.1) is 11.9 Å². The maximum absolute atomic E-state index is 6.31. The van der Waals surface area contributed by atoms with Crippen molar-refractivity contribution >= 4 is 27.4 Å². The highest BCUT2D eigenvalue weighted by Crippen LogP contribution is 2.37. The molecule has 2 aromatic rings. The highest BCUT2D eigenvalue weighted by atomic mass is 32.1. The van der Waals surface area contributed by atoms with Gasteiger partial charge in [0.2, 0.25) is 0 Å². The number of fused-ring (bicyclic) bond motifs is 3. The summed E-state index contributed by atoms with van der Waals surface area (Å²) in [6, 6.07) is 0.459. The van der Waals surface area contributed by atoms with E-state index in [2.05, 4.69) is 9.88 Å². The van der Waals surface area contributed by atoms with Crippen molar-refractivity contribution in [1.29, 1.82) is 0 Å². The molecule has 1 aliphatic heterocycles. The summed E-state index contributed by atoms with van der Waals surface area (Å²) >= 11 is 1.82. The molecule has 0 aromatic carbocycles. The molecule has 23 heavy (non-hydrogen) atoms.